The molecule has 0 radical (unpaired) electrons. The van der Waals surface area contributed by atoms with E-state index in [1.807, 2.05) is 0 Å². The molecule has 1 aromatic heterocycles. The third-order valence-electron chi connectivity index (χ3n) is 3.05. The lowest BCUT2D eigenvalue weighted by Gasteiger charge is -2.30. The molecule has 0 saturated carbocycles. The molecule has 2 unspecified atom stereocenters. The molecule has 0 amide bonds. The number of aromatic nitrogens is 1. The number of pyridine rings is 1. The molecule has 19 heavy (non-hydrogen) atoms. The van der Waals surface area contributed by atoms with Gasteiger partial charge in [0.25, 0.3) is 0 Å². The van der Waals surface area contributed by atoms with E-state index in [9.17, 15) is 10.2 Å². The van der Waals surface area contributed by atoms with Crippen molar-refractivity contribution in [3.05, 3.63) is 77.6 Å². The van der Waals surface area contributed by atoms with E-state index in [1.165, 1.54) is 12.3 Å². The van der Waals surface area contributed by atoms with Crippen LogP contribution >= 0.6 is 11.6 Å². The van der Waals surface area contributed by atoms with E-state index in [0.29, 0.717) is 16.1 Å². The average molecular weight is 276 g/mol. The maximum atomic E-state index is 10.7. The van der Waals surface area contributed by atoms with Gasteiger partial charge in [-0.1, -0.05) is 48.5 Å². The maximum absolute atomic E-state index is 10.7. The van der Waals surface area contributed by atoms with E-state index in [1.54, 1.807) is 42.6 Å². The first-order valence-electron chi connectivity index (χ1n) is 5.78. The molecular formula is C15H14ClNO2. The summed E-state index contributed by atoms with van der Waals surface area (Å²) >= 11 is 6.05. The van der Waals surface area contributed by atoms with Crippen molar-refractivity contribution in [3.8, 4) is 0 Å². The van der Waals surface area contributed by atoms with Crippen LogP contribution < -0.4 is 0 Å². The molecule has 1 heterocycles. The van der Waals surface area contributed by atoms with Gasteiger partial charge in [-0.05, 0) is 12.1 Å². The molecule has 2 N–H and O–H groups in total. The fourth-order valence-electron chi connectivity index (χ4n) is 1.92. The molecule has 0 fully saturated rings. The zero-order chi connectivity index (χ0) is 13.9. The summed E-state index contributed by atoms with van der Waals surface area (Å²) in [4.78, 5) is 3.95. The van der Waals surface area contributed by atoms with Gasteiger partial charge >= 0.3 is 0 Å². The highest BCUT2D eigenvalue weighted by Gasteiger charge is 2.36. The van der Waals surface area contributed by atoms with Crippen LogP contribution in [0.2, 0.25) is 5.02 Å². The lowest BCUT2D eigenvalue weighted by Crippen LogP contribution is -2.31. The Morgan fingerprint density at radius 1 is 1.26 bits per heavy atom. The molecule has 0 aliphatic carbocycles. The Kier molecular flexibility index (Phi) is 4.00. The second-order valence-corrected chi connectivity index (χ2v) is 4.60. The van der Waals surface area contributed by atoms with Gasteiger partial charge in [0, 0.05) is 28.5 Å². The fourth-order valence-corrected chi connectivity index (χ4v) is 2.16. The highest BCUT2D eigenvalue weighted by molar-refractivity contribution is 6.31. The summed E-state index contributed by atoms with van der Waals surface area (Å²) in [5, 5.41) is 21.5. The number of halogens is 1. The van der Waals surface area contributed by atoms with E-state index in [4.69, 9.17) is 11.6 Å². The second kappa shape index (κ2) is 5.53. The molecule has 0 saturated heterocycles. The second-order valence-electron chi connectivity index (χ2n) is 4.20. The summed E-state index contributed by atoms with van der Waals surface area (Å²) in [5.74, 6) is 0. The van der Waals surface area contributed by atoms with Crippen LogP contribution in [0.5, 0.6) is 0 Å². The minimum Gasteiger partial charge on any atom is -0.385 e. The Morgan fingerprint density at radius 2 is 2.00 bits per heavy atom. The zero-order valence-corrected chi connectivity index (χ0v) is 11.0. The molecule has 98 valence electrons. The highest BCUT2D eigenvalue weighted by atomic mass is 35.5. The van der Waals surface area contributed by atoms with Gasteiger partial charge in [0.15, 0.2) is 0 Å². The monoisotopic (exact) mass is 275 g/mol. The van der Waals surface area contributed by atoms with Crippen LogP contribution in [0.15, 0.2) is 61.4 Å². The Bertz CT molecular complexity index is 573. The number of rotatable bonds is 4. The molecule has 2 rings (SSSR count). The smallest absolute Gasteiger partial charge is 0.139 e. The van der Waals surface area contributed by atoms with Gasteiger partial charge in [0.1, 0.15) is 11.7 Å². The highest BCUT2D eigenvalue weighted by Crippen LogP contribution is 2.38. The maximum Gasteiger partial charge on any atom is 0.139 e. The molecule has 3 nitrogen and oxygen atoms in total. The third-order valence-corrected chi connectivity index (χ3v) is 3.40. The Balaban J connectivity index is 2.48. The van der Waals surface area contributed by atoms with Crippen molar-refractivity contribution < 1.29 is 10.2 Å². The summed E-state index contributed by atoms with van der Waals surface area (Å²) in [6.07, 6.45) is 3.15. The number of aliphatic hydroxyl groups excluding tert-OH is 1. The van der Waals surface area contributed by atoms with Gasteiger partial charge in [0.05, 0.1) is 0 Å². The van der Waals surface area contributed by atoms with Gasteiger partial charge in [-0.3, -0.25) is 4.98 Å². The number of benzene rings is 1. The first-order valence-corrected chi connectivity index (χ1v) is 6.16. The molecule has 1 aromatic carbocycles. The van der Waals surface area contributed by atoms with Gasteiger partial charge in [0.2, 0.25) is 0 Å². The lowest BCUT2D eigenvalue weighted by molar-refractivity contribution is -0.0458. The van der Waals surface area contributed by atoms with Crippen LogP contribution in [-0.4, -0.2) is 15.2 Å². The molecule has 2 aromatic rings. The van der Waals surface area contributed by atoms with Gasteiger partial charge in [-0.2, -0.15) is 0 Å². The molecule has 0 aliphatic rings. The molecule has 4 heteroatoms. The Hall–Kier alpha value is -1.68. The summed E-state index contributed by atoms with van der Waals surface area (Å²) in [6, 6.07) is 10.2. The van der Waals surface area contributed by atoms with E-state index < -0.39 is 11.7 Å². The summed E-state index contributed by atoms with van der Waals surface area (Å²) in [6.45, 7) is 3.60. The summed E-state index contributed by atoms with van der Waals surface area (Å²) in [7, 11) is 0. The predicted molar refractivity (Wildman–Crippen MR) is 74.7 cm³/mol. The van der Waals surface area contributed by atoms with Crippen LogP contribution in [0.4, 0.5) is 0 Å². The van der Waals surface area contributed by atoms with E-state index in [0.717, 1.165) is 0 Å². The van der Waals surface area contributed by atoms with Crippen LogP contribution in [0, 0.1) is 0 Å². The molecule has 0 bridgehead atoms. The van der Waals surface area contributed by atoms with Gasteiger partial charge in [-0.25, -0.2) is 0 Å². The van der Waals surface area contributed by atoms with Gasteiger partial charge < -0.3 is 10.2 Å². The molecule has 2 atom stereocenters. The minimum atomic E-state index is -1.64. The van der Waals surface area contributed by atoms with E-state index in [2.05, 4.69) is 11.6 Å². The van der Waals surface area contributed by atoms with Crippen molar-refractivity contribution in [3.63, 3.8) is 0 Å². The summed E-state index contributed by atoms with van der Waals surface area (Å²) in [5.41, 5.74) is -0.743. The van der Waals surface area contributed by atoms with Crippen molar-refractivity contribution in [2.45, 2.75) is 11.7 Å². The van der Waals surface area contributed by atoms with Crippen molar-refractivity contribution in [2.75, 3.05) is 0 Å². The van der Waals surface area contributed by atoms with Crippen LogP contribution in [0.3, 0.4) is 0 Å². The third kappa shape index (κ3) is 2.54. The largest absolute Gasteiger partial charge is 0.385 e. The quantitative estimate of drug-likeness (QED) is 0.844. The summed E-state index contributed by atoms with van der Waals surface area (Å²) < 4.78 is 0. The fraction of sp³-hybridized carbons (Fsp3) is 0.133. The van der Waals surface area contributed by atoms with Crippen molar-refractivity contribution in [1.82, 2.24) is 4.98 Å². The first kappa shape index (κ1) is 13.7. The molecular weight excluding hydrogens is 262 g/mol. The zero-order valence-electron chi connectivity index (χ0n) is 10.2. The lowest BCUT2D eigenvalue weighted by atomic mass is 9.85. The van der Waals surface area contributed by atoms with Crippen molar-refractivity contribution >= 4 is 11.6 Å². The van der Waals surface area contributed by atoms with Crippen LogP contribution in [0.25, 0.3) is 0 Å². The Morgan fingerprint density at radius 3 is 2.58 bits per heavy atom. The number of aliphatic hydroxyl groups is 2. The van der Waals surface area contributed by atoms with Crippen LogP contribution in [-0.2, 0) is 5.60 Å². The minimum absolute atomic E-state index is 0.388. The number of hydrogen-bond donors (Lipinski definition) is 2. The molecule has 0 spiro atoms. The topological polar surface area (TPSA) is 53.4 Å². The Labute approximate surface area is 116 Å². The standard InChI is InChI=1S/C15H14ClNO2/c1-2-15(19,11-6-5-9-17-10-11)14(18)12-7-3-4-8-13(12)16/h2-10,14,18-19H,1H2. The number of nitrogens with zero attached hydrogens (tertiary/aromatic N) is 1. The first-order chi connectivity index (χ1) is 9.09. The van der Waals surface area contributed by atoms with E-state index in [-0.39, 0.29) is 0 Å². The van der Waals surface area contributed by atoms with Crippen molar-refractivity contribution in [1.29, 1.82) is 0 Å². The van der Waals surface area contributed by atoms with Gasteiger partial charge in [-0.15, -0.1) is 0 Å². The predicted octanol–water partition coefficient (Wildman–Crippen LogP) is 2.84. The van der Waals surface area contributed by atoms with E-state index >= 15 is 0 Å². The average Bonchev–Trinajstić information content (AvgIpc) is 2.47. The van der Waals surface area contributed by atoms with Crippen LogP contribution in [0.1, 0.15) is 17.2 Å². The number of hydrogen-bond acceptors (Lipinski definition) is 3. The SMILES string of the molecule is C=CC(O)(c1cccnc1)C(O)c1ccccc1Cl. The molecule has 0 aliphatic heterocycles. The van der Waals surface area contributed by atoms with Crippen molar-refractivity contribution in [2.24, 2.45) is 0 Å². The normalized spacial score (nSPS) is 15.5.